The second-order valence-electron chi connectivity index (χ2n) is 5.74. The van der Waals surface area contributed by atoms with E-state index >= 15 is 0 Å². The molecule has 2 unspecified atom stereocenters. The van der Waals surface area contributed by atoms with Crippen molar-refractivity contribution in [1.82, 2.24) is 0 Å². The van der Waals surface area contributed by atoms with Gasteiger partial charge in [0.1, 0.15) is 6.10 Å². The molecule has 6 heteroatoms. The van der Waals surface area contributed by atoms with E-state index in [4.69, 9.17) is 25.7 Å². The number of ether oxygens (including phenoxy) is 3. The lowest BCUT2D eigenvalue weighted by Crippen LogP contribution is -2.43. The molecule has 2 atom stereocenters. The molecule has 2 aliphatic heterocycles. The minimum absolute atomic E-state index is 0.157. The molecule has 1 spiro atoms. The predicted molar refractivity (Wildman–Crippen MR) is 77.8 cm³/mol. The minimum Gasteiger partial charge on any atom is -0.459 e. The van der Waals surface area contributed by atoms with Crippen LogP contribution < -0.4 is 11.5 Å². The second kappa shape index (κ2) is 5.54. The third kappa shape index (κ3) is 3.11. The van der Waals surface area contributed by atoms with Gasteiger partial charge in [-0.15, -0.1) is 0 Å². The van der Waals surface area contributed by atoms with Gasteiger partial charge >= 0.3 is 5.97 Å². The summed E-state index contributed by atoms with van der Waals surface area (Å²) >= 11 is 0. The maximum Gasteiger partial charge on any atom is 0.338 e. The van der Waals surface area contributed by atoms with Crippen LogP contribution in [-0.4, -0.2) is 37.5 Å². The molecule has 0 bridgehead atoms. The van der Waals surface area contributed by atoms with Crippen LogP contribution in [0.4, 0.5) is 11.4 Å². The van der Waals surface area contributed by atoms with Crippen molar-refractivity contribution >= 4 is 17.3 Å². The Bertz CT molecular complexity index is 520. The van der Waals surface area contributed by atoms with Crippen LogP contribution in [0.3, 0.4) is 0 Å². The van der Waals surface area contributed by atoms with Gasteiger partial charge in [-0.1, -0.05) is 0 Å². The van der Waals surface area contributed by atoms with Crippen molar-refractivity contribution in [2.75, 3.05) is 31.3 Å². The molecule has 0 aromatic heterocycles. The number of hydrogen-bond acceptors (Lipinski definition) is 6. The molecule has 3 rings (SSSR count). The number of nitrogen functional groups attached to an aromatic ring is 2. The second-order valence-corrected chi connectivity index (χ2v) is 5.74. The maximum atomic E-state index is 12.2. The first-order chi connectivity index (χ1) is 10.1. The molecular formula is C15H20N2O4. The van der Waals surface area contributed by atoms with Crippen LogP contribution in [0.25, 0.3) is 0 Å². The number of esters is 1. The van der Waals surface area contributed by atoms with Crippen LogP contribution in [0.5, 0.6) is 0 Å². The van der Waals surface area contributed by atoms with E-state index in [0.29, 0.717) is 49.6 Å². The molecular weight excluding hydrogens is 272 g/mol. The van der Waals surface area contributed by atoms with E-state index in [0.717, 1.165) is 6.42 Å². The summed E-state index contributed by atoms with van der Waals surface area (Å²) in [5.74, 6) is -0.394. The number of carbonyl (C=O) groups excluding carboxylic acids is 1. The van der Waals surface area contributed by atoms with Gasteiger partial charge in [0.15, 0.2) is 0 Å². The van der Waals surface area contributed by atoms with Crippen molar-refractivity contribution in [3.8, 4) is 0 Å². The Kier molecular flexibility index (Phi) is 3.73. The lowest BCUT2D eigenvalue weighted by atomic mass is 9.91. The average Bonchev–Trinajstić information content (AvgIpc) is 2.85. The van der Waals surface area contributed by atoms with Crippen LogP contribution in [-0.2, 0) is 14.2 Å². The monoisotopic (exact) mass is 292 g/mol. The zero-order valence-electron chi connectivity index (χ0n) is 11.8. The van der Waals surface area contributed by atoms with Gasteiger partial charge in [0.05, 0.1) is 24.4 Å². The van der Waals surface area contributed by atoms with E-state index in [1.807, 2.05) is 0 Å². The molecule has 114 valence electrons. The predicted octanol–water partition coefficient (Wildman–Crippen LogP) is 1.35. The summed E-state index contributed by atoms with van der Waals surface area (Å²) in [7, 11) is 0. The Labute approximate surface area is 123 Å². The first-order valence-corrected chi connectivity index (χ1v) is 7.15. The highest BCUT2D eigenvalue weighted by Gasteiger charge is 2.42. The zero-order valence-corrected chi connectivity index (χ0v) is 11.8. The fourth-order valence-electron chi connectivity index (χ4n) is 2.96. The first kappa shape index (κ1) is 14.2. The summed E-state index contributed by atoms with van der Waals surface area (Å²) in [6.07, 6.45) is 2.07. The third-order valence-corrected chi connectivity index (χ3v) is 4.00. The number of nitrogens with two attached hydrogens (primary N) is 2. The first-order valence-electron chi connectivity index (χ1n) is 7.15. The average molecular weight is 292 g/mol. The van der Waals surface area contributed by atoms with Gasteiger partial charge in [0.25, 0.3) is 0 Å². The number of carbonyl (C=O) groups is 1. The summed E-state index contributed by atoms with van der Waals surface area (Å²) in [5, 5.41) is 0. The molecule has 1 aromatic carbocycles. The Balaban J connectivity index is 1.66. The lowest BCUT2D eigenvalue weighted by molar-refractivity contribution is -0.120. The molecule has 2 fully saturated rings. The van der Waals surface area contributed by atoms with E-state index in [1.165, 1.54) is 0 Å². The SMILES string of the molecule is Nc1cc(N)cc(C(=O)OC2CCOC3(CCOC3)C2)c1. The molecule has 4 N–H and O–H groups in total. The lowest BCUT2D eigenvalue weighted by Gasteiger charge is -2.36. The number of anilines is 2. The van der Waals surface area contributed by atoms with Crippen LogP contribution in [0, 0.1) is 0 Å². The minimum atomic E-state index is -0.394. The molecule has 2 aliphatic rings. The van der Waals surface area contributed by atoms with E-state index < -0.39 is 5.97 Å². The van der Waals surface area contributed by atoms with Gasteiger partial charge in [-0.2, -0.15) is 0 Å². The zero-order chi connectivity index (χ0) is 14.9. The Morgan fingerprint density at radius 2 is 2.00 bits per heavy atom. The van der Waals surface area contributed by atoms with E-state index in [9.17, 15) is 4.79 Å². The van der Waals surface area contributed by atoms with Crippen molar-refractivity contribution in [3.63, 3.8) is 0 Å². The molecule has 0 saturated carbocycles. The summed E-state index contributed by atoms with van der Waals surface area (Å²) in [4.78, 5) is 12.2. The van der Waals surface area contributed by atoms with Gasteiger partial charge in [0.2, 0.25) is 0 Å². The smallest absolute Gasteiger partial charge is 0.338 e. The summed E-state index contributed by atoms with van der Waals surface area (Å²) in [5.41, 5.74) is 12.4. The molecule has 2 saturated heterocycles. The Hall–Kier alpha value is -1.79. The normalized spacial score (nSPS) is 28.7. The van der Waals surface area contributed by atoms with E-state index in [2.05, 4.69) is 0 Å². The summed E-state index contributed by atoms with van der Waals surface area (Å²) in [6, 6.07) is 4.76. The van der Waals surface area contributed by atoms with E-state index in [1.54, 1.807) is 18.2 Å². The van der Waals surface area contributed by atoms with Crippen LogP contribution >= 0.6 is 0 Å². The van der Waals surface area contributed by atoms with E-state index in [-0.39, 0.29) is 11.7 Å². The van der Waals surface area contributed by atoms with Gasteiger partial charge in [0, 0.05) is 37.2 Å². The largest absolute Gasteiger partial charge is 0.459 e. The quantitative estimate of drug-likeness (QED) is 0.631. The van der Waals surface area contributed by atoms with Crippen molar-refractivity contribution in [3.05, 3.63) is 23.8 Å². The fraction of sp³-hybridized carbons (Fsp3) is 0.533. The fourth-order valence-corrected chi connectivity index (χ4v) is 2.96. The number of rotatable bonds is 2. The topological polar surface area (TPSA) is 96.8 Å². The van der Waals surface area contributed by atoms with Crippen molar-refractivity contribution in [2.24, 2.45) is 0 Å². The highest BCUT2D eigenvalue weighted by atomic mass is 16.6. The summed E-state index contributed by atoms with van der Waals surface area (Å²) < 4.78 is 16.8. The molecule has 0 amide bonds. The Morgan fingerprint density at radius 1 is 1.24 bits per heavy atom. The highest BCUT2D eigenvalue weighted by molar-refractivity contribution is 5.91. The Morgan fingerprint density at radius 3 is 2.67 bits per heavy atom. The molecule has 6 nitrogen and oxygen atoms in total. The van der Waals surface area contributed by atoms with Crippen molar-refractivity contribution in [2.45, 2.75) is 31.0 Å². The van der Waals surface area contributed by atoms with Crippen LogP contribution in [0.15, 0.2) is 18.2 Å². The standard InChI is InChI=1S/C15H20N2O4/c16-11-5-10(6-12(17)7-11)14(18)21-13-1-3-20-15(8-13)2-4-19-9-15/h5-7,13H,1-4,8-9,16-17H2. The molecule has 0 aliphatic carbocycles. The number of benzene rings is 1. The molecule has 1 aromatic rings. The van der Waals surface area contributed by atoms with Gasteiger partial charge < -0.3 is 25.7 Å². The molecule has 2 heterocycles. The highest BCUT2D eigenvalue weighted by Crippen LogP contribution is 2.34. The van der Waals surface area contributed by atoms with Gasteiger partial charge in [-0.05, 0) is 18.2 Å². The molecule has 21 heavy (non-hydrogen) atoms. The third-order valence-electron chi connectivity index (χ3n) is 4.00. The van der Waals surface area contributed by atoms with Crippen molar-refractivity contribution < 1.29 is 19.0 Å². The van der Waals surface area contributed by atoms with Crippen LogP contribution in [0.1, 0.15) is 29.6 Å². The maximum absolute atomic E-state index is 12.2. The molecule has 0 radical (unpaired) electrons. The van der Waals surface area contributed by atoms with Gasteiger partial charge in [-0.3, -0.25) is 0 Å². The summed E-state index contributed by atoms with van der Waals surface area (Å²) in [6.45, 7) is 1.86. The van der Waals surface area contributed by atoms with Crippen LogP contribution in [0.2, 0.25) is 0 Å². The van der Waals surface area contributed by atoms with Crippen molar-refractivity contribution in [1.29, 1.82) is 0 Å². The number of hydrogen-bond donors (Lipinski definition) is 2. The van der Waals surface area contributed by atoms with Gasteiger partial charge in [-0.25, -0.2) is 4.79 Å².